The summed E-state index contributed by atoms with van der Waals surface area (Å²) in [6.07, 6.45) is 7.83. The van der Waals surface area contributed by atoms with Crippen LogP contribution in [-0.4, -0.2) is 25.4 Å². The summed E-state index contributed by atoms with van der Waals surface area (Å²) < 4.78 is 3.26. The molecule has 3 aromatic rings. The molecule has 1 heterocycles. The van der Waals surface area contributed by atoms with Crippen molar-refractivity contribution < 1.29 is 9.90 Å². The maximum absolute atomic E-state index is 12.9. The van der Waals surface area contributed by atoms with Gasteiger partial charge in [-0.2, -0.15) is 5.10 Å². The molecule has 1 aromatic heterocycles. The Bertz CT molecular complexity index is 1110. The zero-order valence-electron chi connectivity index (χ0n) is 18.1. The Labute approximate surface area is 182 Å². The van der Waals surface area contributed by atoms with Gasteiger partial charge in [-0.25, -0.2) is 14.3 Å². The van der Waals surface area contributed by atoms with Gasteiger partial charge in [-0.1, -0.05) is 74.4 Å². The van der Waals surface area contributed by atoms with Crippen LogP contribution in [0.3, 0.4) is 0 Å². The molecule has 0 unspecified atom stereocenters. The van der Waals surface area contributed by atoms with E-state index in [-0.39, 0.29) is 11.3 Å². The van der Waals surface area contributed by atoms with Crippen molar-refractivity contribution in [2.45, 2.75) is 52.6 Å². The second kappa shape index (κ2) is 10.6. The molecule has 0 atom stereocenters. The summed E-state index contributed by atoms with van der Waals surface area (Å²) in [6, 6.07) is 14.7. The molecule has 6 nitrogen and oxygen atoms in total. The van der Waals surface area contributed by atoms with Crippen LogP contribution in [0.25, 0.3) is 11.1 Å². The summed E-state index contributed by atoms with van der Waals surface area (Å²) in [6.45, 7) is 4.99. The summed E-state index contributed by atoms with van der Waals surface area (Å²) in [7, 11) is 0. The van der Waals surface area contributed by atoms with E-state index in [2.05, 4.69) is 12.0 Å². The van der Waals surface area contributed by atoms with Crippen LogP contribution in [0.5, 0.6) is 0 Å². The Hall–Kier alpha value is -3.41. The maximum Gasteiger partial charge on any atom is 0.346 e. The molecule has 0 aliphatic rings. The Morgan fingerprint density at radius 3 is 2.52 bits per heavy atom. The zero-order chi connectivity index (χ0) is 22.2. The molecule has 0 spiro atoms. The van der Waals surface area contributed by atoms with Gasteiger partial charge in [-0.15, -0.1) is 0 Å². The third-order valence-electron chi connectivity index (χ3n) is 5.28. The minimum absolute atomic E-state index is 0.107. The molecule has 0 radical (unpaired) electrons. The van der Waals surface area contributed by atoms with Gasteiger partial charge in [0.2, 0.25) is 0 Å². The molecule has 2 aromatic carbocycles. The van der Waals surface area contributed by atoms with E-state index in [0.29, 0.717) is 18.7 Å². The minimum Gasteiger partial charge on any atom is -0.478 e. The number of hydrogen-bond donors (Lipinski definition) is 1. The van der Waals surface area contributed by atoms with Crippen LogP contribution in [-0.2, 0) is 19.5 Å². The first kappa shape index (κ1) is 22.3. The van der Waals surface area contributed by atoms with Crippen molar-refractivity contribution >= 4 is 5.97 Å². The van der Waals surface area contributed by atoms with Crippen LogP contribution in [0.4, 0.5) is 0 Å². The standard InChI is InChI=1S/C25H29N3O3/c1-3-5-7-12-23-26-28(17-6-4-2)25(31)27(23)18-19-13-15-20(16-14-19)21-10-8-9-11-22(21)24(29)30/h4,6,8-11,13-16H,3,5,7,12,17-18H2,1-2H3,(H,29,30). The first-order chi connectivity index (χ1) is 15.0. The number of carboxylic acid groups (broad SMARTS) is 1. The lowest BCUT2D eigenvalue weighted by molar-refractivity contribution is 0.0697. The number of rotatable bonds is 10. The molecule has 0 saturated carbocycles. The summed E-state index contributed by atoms with van der Waals surface area (Å²) in [5.41, 5.74) is 2.65. The van der Waals surface area contributed by atoms with E-state index in [1.54, 1.807) is 22.8 Å². The van der Waals surface area contributed by atoms with Gasteiger partial charge >= 0.3 is 11.7 Å². The van der Waals surface area contributed by atoms with Gasteiger partial charge in [0.05, 0.1) is 18.7 Å². The average molecular weight is 420 g/mol. The van der Waals surface area contributed by atoms with Crippen molar-refractivity contribution in [2.24, 2.45) is 0 Å². The third kappa shape index (κ3) is 5.40. The van der Waals surface area contributed by atoms with Gasteiger partial charge in [-0.3, -0.25) is 4.57 Å². The SMILES string of the molecule is CC=CCn1nc(CCCCC)n(Cc2ccc(-c3ccccc3C(=O)O)cc2)c1=O. The van der Waals surface area contributed by atoms with E-state index in [0.717, 1.165) is 42.6 Å². The quantitative estimate of drug-likeness (QED) is 0.379. The zero-order valence-corrected chi connectivity index (χ0v) is 18.1. The van der Waals surface area contributed by atoms with Crippen LogP contribution in [0.15, 0.2) is 65.5 Å². The van der Waals surface area contributed by atoms with Crippen LogP contribution in [0.2, 0.25) is 0 Å². The molecule has 0 amide bonds. The molecule has 31 heavy (non-hydrogen) atoms. The lowest BCUT2D eigenvalue weighted by atomic mass is 9.99. The number of allylic oxidation sites excluding steroid dienone is 2. The van der Waals surface area contributed by atoms with Gasteiger partial charge < -0.3 is 5.11 Å². The van der Waals surface area contributed by atoms with Crippen molar-refractivity contribution in [3.8, 4) is 11.1 Å². The number of unbranched alkanes of at least 4 members (excludes halogenated alkanes) is 2. The molecule has 162 valence electrons. The molecule has 3 rings (SSSR count). The van der Waals surface area contributed by atoms with Gasteiger partial charge in [0.1, 0.15) is 5.82 Å². The molecule has 0 saturated heterocycles. The minimum atomic E-state index is -0.948. The van der Waals surface area contributed by atoms with Crippen molar-refractivity contribution in [3.05, 3.63) is 88.1 Å². The fourth-order valence-corrected chi connectivity index (χ4v) is 3.58. The largest absolute Gasteiger partial charge is 0.478 e. The Balaban J connectivity index is 1.87. The van der Waals surface area contributed by atoms with Crippen molar-refractivity contribution in [1.29, 1.82) is 0 Å². The number of aromatic nitrogens is 3. The highest BCUT2D eigenvalue weighted by molar-refractivity contribution is 5.95. The lowest BCUT2D eigenvalue weighted by Gasteiger charge is -2.09. The molecule has 0 aliphatic heterocycles. The molecule has 0 fully saturated rings. The Kier molecular flexibility index (Phi) is 7.60. The molecule has 1 N–H and O–H groups in total. The van der Waals surface area contributed by atoms with E-state index in [1.165, 1.54) is 4.68 Å². The van der Waals surface area contributed by atoms with E-state index in [1.807, 2.05) is 49.4 Å². The van der Waals surface area contributed by atoms with Crippen molar-refractivity contribution in [3.63, 3.8) is 0 Å². The van der Waals surface area contributed by atoms with Crippen LogP contribution in [0, 0.1) is 0 Å². The first-order valence-electron chi connectivity index (χ1n) is 10.7. The molecule has 0 aliphatic carbocycles. The normalized spacial score (nSPS) is 11.3. The highest BCUT2D eigenvalue weighted by Crippen LogP contribution is 2.24. The summed E-state index contributed by atoms with van der Waals surface area (Å²) in [4.78, 5) is 24.4. The summed E-state index contributed by atoms with van der Waals surface area (Å²) >= 11 is 0. The van der Waals surface area contributed by atoms with Gasteiger partial charge in [0.25, 0.3) is 0 Å². The second-order valence-corrected chi connectivity index (χ2v) is 7.54. The Morgan fingerprint density at radius 1 is 1.10 bits per heavy atom. The fraction of sp³-hybridized carbons (Fsp3) is 0.320. The van der Waals surface area contributed by atoms with Crippen molar-refractivity contribution in [2.75, 3.05) is 0 Å². The number of nitrogens with zero attached hydrogens (tertiary/aromatic N) is 3. The van der Waals surface area contributed by atoms with E-state index < -0.39 is 5.97 Å². The lowest BCUT2D eigenvalue weighted by Crippen LogP contribution is -2.25. The number of carbonyl (C=O) groups is 1. The number of hydrogen-bond acceptors (Lipinski definition) is 3. The Morgan fingerprint density at radius 2 is 1.84 bits per heavy atom. The van der Waals surface area contributed by atoms with Crippen molar-refractivity contribution in [1.82, 2.24) is 14.3 Å². The monoisotopic (exact) mass is 419 g/mol. The van der Waals surface area contributed by atoms with E-state index in [4.69, 9.17) is 0 Å². The molecular formula is C25H29N3O3. The highest BCUT2D eigenvalue weighted by atomic mass is 16.4. The second-order valence-electron chi connectivity index (χ2n) is 7.54. The smallest absolute Gasteiger partial charge is 0.346 e. The fourth-order valence-electron chi connectivity index (χ4n) is 3.58. The number of aromatic carboxylic acids is 1. The summed E-state index contributed by atoms with van der Waals surface area (Å²) in [5, 5.41) is 14.0. The van der Waals surface area contributed by atoms with Crippen LogP contribution >= 0.6 is 0 Å². The predicted octanol–water partition coefficient (Wildman–Crippen LogP) is 4.77. The first-order valence-corrected chi connectivity index (χ1v) is 10.7. The number of benzene rings is 2. The predicted molar refractivity (Wildman–Crippen MR) is 122 cm³/mol. The van der Waals surface area contributed by atoms with Crippen LogP contribution < -0.4 is 5.69 Å². The van der Waals surface area contributed by atoms with E-state index in [9.17, 15) is 14.7 Å². The molecule has 0 bridgehead atoms. The van der Waals surface area contributed by atoms with Gasteiger partial charge in [0.15, 0.2) is 0 Å². The average Bonchev–Trinajstić information content (AvgIpc) is 3.07. The van der Waals surface area contributed by atoms with Crippen LogP contribution in [0.1, 0.15) is 54.9 Å². The van der Waals surface area contributed by atoms with Gasteiger partial charge in [-0.05, 0) is 36.1 Å². The number of carboxylic acids is 1. The third-order valence-corrected chi connectivity index (χ3v) is 5.28. The molecular weight excluding hydrogens is 390 g/mol. The van der Waals surface area contributed by atoms with Gasteiger partial charge in [0, 0.05) is 6.42 Å². The maximum atomic E-state index is 12.9. The topological polar surface area (TPSA) is 77.1 Å². The van der Waals surface area contributed by atoms with E-state index >= 15 is 0 Å². The summed E-state index contributed by atoms with van der Waals surface area (Å²) in [5.74, 6) is -0.139. The highest BCUT2D eigenvalue weighted by Gasteiger charge is 2.14. The molecule has 6 heteroatoms. The number of aryl methyl sites for hydroxylation is 1.